The second-order valence-corrected chi connectivity index (χ2v) is 7.05. The molecule has 4 aromatic rings. The number of benzene rings is 2. The Morgan fingerprint density at radius 1 is 1.10 bits per heavy atom. The summed E-state index contributed by atoms with van der Waals surface area (Å²) in [6, 6.07) is 15.8. The molecule has 0 saturated heterocycles. The molecule has 0 fully saturated rings. The van der Waals surface area contributed by atoms with Crippen LogP contribution in [-0.4, -0.2) is 14.9 Å². The Labute approximate surface area is 173 Å². The quantitative estimate of drug-likeness (QED) is 0.456. The molecule has 0 aliphatic rings. The summed E-state index contributed by atoms with van der Waals surface area (Å²) in [5, 5.41) is 12.7. The maximum Gasteiger partial charge on any atom is 0.150 e. The topological polar surface area (TPSA) is 55.9 Å². The number of hydrogen-bond donors (Lipinski definition) is 1. The second-order valence-electron chi connectivity index (χ2n) is 6.65. The third-order valence-electron chi connectivity index (χ3n) is 4.59. The summed E-state index contributed by atoms with van der Waals surface area (Å²) in [4.78, 5) is 0. The molecule has 5 nitrogen and oxygen atoms in total. The lowest BCUT2D eigenvalue weighted by Gasteiger charge is -2.05. The average Bonchev–Trinajstić information content (AvgIpc) is 3.36. The summed E-state index contributed by atoms with van der Waals surface area (Å²) in [5.41, 5.74) is 4.30. The Morgan fingerprint density at radius 3 is 2.62 bits per heavy atom. The van der Waals surface area contributed by atoms with Gasteiger partial charge >= 0.3 is 0 Å². The Kier molecular flexibility index (Phi) is 5.74. The van der Waals surface area contributed by atoms with Gasteiger partial charge in [-0.05, 0) is 36.8 Å². The highest BCUT2D eigenvalue weighted by atomic mass is 35.5. The van der Waals surface area contributed by atoms with Crippen LogP contribution >= 0.6 is 11.6 Å². The number of aromatic nitrogens is 3. The molecule has 0 amide bonds. The van der Waals surface area contributed by atoms with Crippen molar-refractivity contribution in [1.82, 2.24) is 20.3 Å². The van der Waals surface area contributed by atoms with Crippen molar-refractivity contribution in [2.75, 3.05) is 0 Å². The van der Waals surface area contributed by atoms with Crippen molar-refractivity contribution in [2.24, 2.45) is 0 Å². The minimum atomic E-state index is -0.285. The van der Waals surface area contributed by atoms with Gasteiger partial charge in [-0.25, -0.2) is 9.07 Å². The van der Waals surface area contributed by atoms with Gasteiger partial charge in [-0.3, -0.25) is 0 Å². The molecule has 0 radical (unpaired) electrons. The Balaban J connectivity index is 1.61. The summed E-state index contributed by atoms with van der Waals surface area (Å²) in [7, 11) is 0. The van der Waals surface area contributed by atoms with E-state index in [9.17, 15) is 4.39 Å². The third-order valence-corrected chi connectivity index (χ3v) is 4.92. The van der Waals surface area contributed by atoms with Crippen LogP contribution < -0.4 is 5.32 Å². The highest BCUT2D eigenvalue weighted by Gasteiger charge is 2.15. The predicted molar refractivity (Wildman–Crippen MR) is 110 cm³/mol. The summed E-state index contributed by atoms with van der Waals surface area (Å²) >= 11 is 6.41. The van der Waals surface area contributed by atoms with Crippen LogP contribution in [0, 0.1) is 5.82 Å². The van der Waals surface area contributed by atoms with Gasteiger partial charge in [0.05, 0.1) is 28.6 Å². The maximum absolute atomic E-state index is 13.3. The van der Waals surface area contributed by atoms with Gasteiger partial charge in [0, 0.05) is 29.9 Å². The first-order valence-corrected chi connectivity index (χ1v) is 9.76. The van der Waals surface area contributed by atoms with E-state index in [0.717, 1.165) is 40.4 Å². The molecule has 0 saturated carbocycles. The molecule has 0 spiro atoms. The van der Waals surface area contributed by atoms with Crippen molar-refractivity contribution < 1.29 is 8.91 Å². The molecule has 29 heavy (non-hydrogen) atoms. The van der Waals surface area contributed by atoms with E-state index in [1.807, 2.05) is 43.5 Å². The maximum atomic E-state index is 13.3. The standard InChI is InChI=1S/C22H20ClFN4O/c1-2-17-11-19(29-27-17)13-25-12-15-14-28(18-9-7-16(24)8-10-18)26-22(15)20-5-3-4-6-21(20)23/h3-11,14,25H,2,12-13H2,1H3. The van der Waals surface area contributed by atoms with E-state index in [1.165, 1.54) is 12.1 Å². The van der Waals surface area contributed by atoms with Gasteiger partial charge in [0.1, 0.15) is 5.82 Å². The molecule has 0 aliphatic carbocycles. The Hall–Kier alpha value is -2.96. The van der Waals surface area contributed by atoms with E-state index >= 15 is 0 Å². The fourth-order valence-corrected chi connectivity index (χ4v) is 3.30. The molecular weight excluding hydrogens is 391 g/mol. The van der Waals surface area contributed by atoms with Crippen molar-refractivity contribution in [1.29, 1.82) is 0 Å². The largest absolute Gasteiger partial charge is 0.360 e. The van der Waals surface area contributed by atoms with Crippen LogP contribution in [-0.2, 0) is 19.5 Å². The third kappa shape index (κ3) is 4.39. The van der Waals surface area contributed by atoms with Crippen molar-refractivity contribution in [3.05, 3.63) is 88.7 Å². The van der Waals surface area contributed by atoms with Gasteiger partial charge in [0.15, 0.2) is 5.76 Å². The molecule has 2 aromatic heterocycles. The number of halogens is 2. The van der Waals surface area contributed by atoms with Crippen LogP contribution in [0.1, 0.15) is 23.9 Å². The van der Waals surface area contributed by atoms with Gasteiger partial charge in [0.25, 0.3) is 0 Å². The summed E-state index contributed by atoms with van der Waals surface area (Å²) in [6.07, 6.45) is 2.77. The van der Waals surface area contributed by atoms with E-state index < -0.39 is 0 Å². The van der Waals surface area contributed by atoms with E-state index in [2.05, 4.69) is 10.5 Å². The lowest BCUT2D eigenvalue weighted by atomic mass is 10.1. The fourth-order valence-electron chi connectivity index (χ4n) is 3.07. The van der Waals surface area contributed by atoms with Gasteiger partial charge in [-0.15, -0.1) is 0 Å². The van der Waals surface area contributed by atoms with Crippen LogP contribution in [0.15, 0.2) is 65.3 Å². The first-order chi connectivity index (χ1) is 14.1. The zero-order chi connectivity index (χ0) is 20.2. The van der Waals surface area contributed by atoms with Gasteiger partial charge in [-0.2, -0.15) is 5.10 Å². The van der Waals surface area contributed by atoms with E-state index in [4.69, 9.17) is 21.2 Å². The highest BCUT2D eigenvalue weighted by Crippen LogP contribution is 2.30. The van der Waals surface area contributed by atoms with Crippen LogP contribution in [0.4, 0.5) is 4.39 Å². The lowest BCUT2D eigenvalue weighted by molar-refractivity contribution is 0.368. The van der Waals surface area contributed by atoms with Crippen LogP contribution in [0.5, 0.6) is 0 Å². The molecule has 0 unspecified atom stereocenters. The molecule has 0 aliphatic heterocycles. The Bertz CT molecular complexity index is 1100. The number of rotatable bonds is 7. The molecular formula is C22H20ClFN4O. The number of aryl methyl sites for hydroxylation is 1. The zero-order valence-corrected chi connectivity index (χ0v) is 16.7. The molecule has 0 bridgehead atoms. The molecule has 7 heteroatoms. The highest BCUT2D eigenvalue weighted by molar-refractivity contribution is 6.33. The average molecular weight is 411 g/mol. The minimum Gasteiger partial charge on any atom is -0.360 e. The first kappa shape index (κ1) is 19.4. The van der Waals surface area contributed by atoms with Gasteiger partial charge in [0.2, 0.25) is 0 Å². The summed E-state index contributed by atoms with van der Waals surface area (Å²) in [5.74, 6) is 0.500. The molecule has 4 rings (SSSR count). The SMILES string of the molecule is CCc1cc(CNCc2cn(-c3ccc(F)cc3)nc2-c2ccccc2Cl)on1. The summed E-state index contributed by atoms with van der Waals surface area (Å²) in [6.45, 7) is 3.15. The monoisotopic (exact) mass is 410 g/mol. The number of hydrogen-bond acceptors (Lipinski definition) is 4. The minimum absolute atomic E-state index is 0.285. The molecule has 1 N–H and O–H groups in total. The normalized spacial score (nSPS) is 11.1. The zero-order valence-electron chi connectivity index (χ0n) is 15.9. The first-order valence-electron chi connectivity index (χ1n) is 9.38. The molecule has 148 valence electrons. The predicted octanol–water partition coefficient (Wildman–Crippen LogP) is 5.17. The van der Waals surface area contributed by atoms with Crippen molar-refractivity contribution in [3.63, 3.8) is 0 Å². The van der Waals surface area contributed by atoms with Crippen molar-refractivity contribution >= 4 is 11.6 Å². The molecule has 2 aromatic carbocycles. The Morgan fingerprint density at radius 2 is 1.90 bits per heavy atom. The number of nitrogens with one attached hydrogen (secondary N) is 1. The second kappa shape index (κ2) is 8.59. The van der Waals surface area contributed by atoms with E-state index in [1.54, 1.807) is 16.8 Å². The fraction of sp³-hybridized carbons (Fsp3) is 0.182. The lowest BCUT2D eigenvalue weighted by Crippen LogP contribution is -2.12. The van der Waals surface area contributed by atoms with Crippen LogP contribution in [0.25, 0.3) is 16.9 Å². The van der Waals surface area contributed by atoms with Crippen LogP contribution in [0.3, 0.4) is 0 Å². The van der Waals surface area contributed by atoms with Crippen molar-refractivity contribution in [3.8, 4) is 16.9 Å². The molecule has 0 atom stereocenters. The van der Waals surface area contributed by atoms with Gasteiger partial charge in [-0.1, -0.05) is 41.9 Å². The molecule has 2 heterocycles. The smallest absolute Gasteiger partial charge is 0.150 e. The number of nitrogens with zero attached hydrogens (tertiary/aromatic N) is 3. The van der Waals surface area contributed by atoms with E-state index in [-0.39, 0.29) is 5.82 Å². The van der Waals surface area contributed by atoms with Crippen LogP contribution in [0.2, 0.25) is 5.02 Å². The van der Waals surface area contributed by atoms with Crippen molar-refractivity contribution in [2.45, 2.75) is 26.4 Å². The van der Waals surface area contributed by atoms with E-state index in [0.29, 0.717) is 18.1 Å². The summed E-state index contributed by atoms with van der Waals surface area (Å²) < 4.78 is 20.3. The van der Waals surface area contributed by atoms with Gasteiger partial charge < -0.3 is 9.84 Å².